The van der Waals surface area contributed by atoms with E-state index in [0.717, 1.165) is 27.1 Å². The van der Waals surface area contributed by atoms with Gasteiger partial charge in [0.05, 0.1) is 19.9 Å². The highest BCUT2D eigenvalue weighted by molar-refractivity contribution is 8.00. The second-order valence-corrected chi connectivity index (χ2v) is 13.0. The molecule has 9 heteroatoms. The average molecular weight is 720 g/mol. The number of rotatable bonds is 13. The van der Waals surface area contributed by atoms with Gasteiger partial charge >= 0.3 is 0 Å². The van der Waals surface area contributed by atoms with Crippen LogP contribution < -0.4 is 25.4 Å². The maximum absolute atomic E-state index is 13.7. The molecule has 1 atom stereocenters. The standard InChI is InChI=1S/C44H37N3O5S/c1-51-36-24-27-38(40(29-36)52-2)46-44(50)41(33-14-8-4-9-15-33)53-37-25-22-35(23-26-37)45-43(49)39(47-42(48)34-16-10-5-11-17-34)28-30-18-20-32(21-19-30)31-12-6-3-7-13-31/h3-29,41H,1-2H3,(H,45,49)(H,46,50)(H,47,48)/b39-28-. The summed E-state index contributed by atoms with van der Waals surface area (Å²) in [5, 5.41) is 8.11. The third kappa shape index (κ3) is 9.61. The molecule has 6 aromatic rings. The largest absolute Gasteiger partial charge is 0.497 e. The van der Waals surface area contributed by atoms with Crippen LogP contribution in [0.25, 0.3) is 17.2 Å². The lowest BCUT2D eigenvalue weighted by molar-refractivity contribution is -0.116. The number of anilines is 2. The molecule has 0 fully saturated rings. The normalized spacial score (nSPS) is 11.5. The third-order valence-electron chi connectivity index (χ3n) is 8.23. The summed E-state index contributed by atoms with van der Waals surface area (Å²) in [5.74, 6) is -0.0383. The van der Waals surface area contributed by atoms with Crippen molar-refractivity contribution in [2.45, 2.75) is 10.1 Å². The molecule has 0 aliphatic rings. The second kappa shape index (κ2) is 17.6. The first-order valence-electron chi connectivity index (χ1n) is 16.8. The Labute approximate surface area is 312 Å². The van der Waals surface area contributed by atoms with Crippen molar-refractivity contribution in [1.29, 1.82) is 0 Å². The maximum Gasteiger partial charge on any atom is 0.272 e. The van der Waals surface area contributed by atoms with Gasteiger partial charge in [0.25, 0.3) is 11.8 Å². The zero-order chi connectivity index (χ0) is 37.0. The molecule has 53 heavy (non-hydrogen) atoms. The van der Waals surface area contributed by atoms with Gasteiger partial charge in [-0.05, 0) is 76.9 Å². The molecule has 6 rings (SSSR count). The van der Waals surface area contributed by atoms with Crippen molar-refractivity contribution in [3.63, 3.8) is 0 Å². The SMILES string of the molecule is COc1ccc(NC(=O)C(Sc2ccc(NC(=O)/C(=C/c3ccc(-c4ccccc4)cc3)NC(=O)c3ccccc3)cc2)c2ccccc2)c(OC)c1. The second-order valence-electron chi connectivity index (χ2n) is 11.8. The van der Waals surface area contributed by atoms with Crippen LogP contribution in [0.2, 0.25) is 0 Å². The zero-order valence-electron chi connectivity index (χ0n) is 29.1. The molecule has 6 aromatic carbocycles. The predicted octanol–water partition coefficient (Wildman–Crippen LogP) is 9.25. The summed E-state index contributed by atoms with van der Waals surface area (Å²) in [6.45, 7) is 0. The van der Waals surface area contributed by atoms with Crippen molar-refractivity contribution < 1.29 is 23.9 Å². The van der Waals surface area contributed by atoms with Gasteiger partial charge in [0.15, 0.2) is 0 Å². The Morgan fingerprint density at radius 1 is 0.642 bits per heavy atom. The van der Waals surface area contributed by atoms with Crippen molar-refractivity contribution in [2.24, 2.45) is 0 Å². The minimum atomic E-state index is -0.598. The molecule has 1 unspecified atom stereocenters. The van der Waals surface area contributed by atoms with Crippen LogP contribution >= 0.6 is 11.8 Å². The van der Waals surface area contributed by atoms with Crippen LogP contribution in [-0.2, 0) is 9.59 Å². The number of amides is 3. The monoisotopic (exact) mass is 719 g/mol. The van der Waals surface area contributed by atoms with Crippen LogP contribution in [0.5, 0.6) is 11.5 Å². The molecule has 0 aromatic heterocycles. The molecule has 0 bridgehead atoms. The highest BCUT2D eigenvalue weighted by Crippen LogP contribution is 2.38. The fraction of sp³-hybridized carbons (Fsp3) is 0.0682. The van der Waals surface area contributed by atoms with E-state index in [4.69, 9.17) is 9.47 Å². The Bertz CT molecular complexity index is 2190. The number of hydrogen-bond donors (Lipinski definition) is 3. The first-order valence-corrected chi connectivity index (χ1v) is 17.7. The summed E-state index contributed by atoms with van der Waals surface area (Å²) in [7, 11) is 3.10. The smallest absolute Gasteiger partial charge is 0.272 e. The van der Waals surface area contributed by atoms with Gasteiger partial charge in [0.2, 0.25) is 5.91 Å². The highest BCUT2D eigenvalue weighted by atomic mass is 32.2. The molecule has 8 nitrogen and oxygen atoms in total. The van der Waals surface area contributed by atoms with Gasteiger partial charge in [-0.25, -0.2) is 0 Å². The van der Waals surface area contributed by atoms with Crippen molar-refractivity contribution >= 4 is 46.9 Å². The lowest BCUT2D eigenvalue weighted by Gasteiger charge is -2.19. The number of benzene rings is 6. The number of carbonyl (C=O) groups is 3. The first-order chi connectivity index (χ1) is 25.9. The van der Waals surface area contributed by atoms with E-state index in [-0.39, 0.29) is 11.6 Å². The summed E-state index contributed by atoms with van der Waals surface area (Å²) in [5.41, 5.74) is 5.22. The number of hydrogen-bond acceptors (Lipinski definition) is 6. The Morgan fingerprint density at radius 2 is 1.26 bits per heavy atom. The van der Waals surface area contributed by atoms with Gasteiger partial charge in [-0.1, -0.05) is 103 Å². The van der Waals surface area contributed by atoms with E-state index in [1.807, 2.05) is 103 Å². The molecule has 0 saturated carbocycles. The number of methoxy groups -OCH3 is 2. The first kappa shape index (κ1) is 36.2. The molecule has 3 N–H and O–H groups in total. The summed E-state index contributed by atoms with van der Waals surface area (Å²) in [6.07, 6.45) is 1.65. The molecule has 264 valence electrons. The fourth-order valence-electron chi connectivity index (χ4n) is 5.46. The Kier molecular flexibility index (Phi) is 12.0. The van der Waals surface area contributed by atoms with E-state index < -0.39 is 17.1 Å². The topological polar surface area (TPSA) is 106 Å². The van der Waals surface area contributed by atoms with E-state index in [0.29, 0.717) is 28.4 Å². The van der Waals surface area contributed by atoms with Crippen molar-refractivity contribution in [1.82, 2.24) is 5.32 Å². The van der Waals surface area contributed by atoms with Gasteiger partial charge < -0.3 is 25.4 Å². The Balaban J connectivity index is 1.20. The predicted molar refractivity (Wildman–Crippen MR) is 212 cm³/mol. The molecule has 0 spiro atoms. The molecule has 0 aliphatic heterocycles. The molecule has 3 amide bonds. The van der Waals surface area contributed by atoms with Crippen molar-refractivity contribution in [2.75, 3.05) is 24.9 Å². The van der Waals surface area contributed by atoms with Crippen LogP contribution in [0.15, 0.2) is 168 Å². The zero-order valence-corrected chi connectivity index (χ0v) is 29.9. The third-order valence-corrected chi connectivity index (χ3v) is 9.50. The highest BCUT2D eigenvalue weighted by Gasteiger charge is 2.24. The molecule has 0 radical (unpaired) electrons. The average Bonchev–Trinajstić information content (AvgIpc) is 3.21. The van der Waals surface area contributed by atoms with Gasteiger partial charge in [0, 0.05) is 22.2 Å². The number of ether oxygens (including phenoxy) is 2. The minimum Gasteiger partial charge on any atom is -0.497 e. The van der Waals surface area contributed by atoms with Crippen molar-refractivity contribution in [3.05, 3.63) is 180 Å². The lowest BCUT2D eigenvalue weighted by Crippen LogP contribution is -2.30. The lowest BCUT2D eigenvalue weighted by atomic mass is 10.0. The molecular weight excluding hydrogens is 683 g/mol. The van der Waals surface area contributed by atoms with E-state index >= 15 is 0 Å². The summed E-state index contributed by atoms with van der Waals surface area (Å²) in [6, 6.07) is 48.4. The van der Waals surface area contributed by atoms with Crippen molar-refractivity contribution in [3.8, 4) is 22.6 Å². The van der Waals surface area contributed by atoms with E-state index in [1.165, 1.54) is 18.9 Å². The van der Waals surface area contributed by atoms with Gasteiger partial charge in [0.1, 0.15) is 22.4 Å². The fourth-order valence-corrected chi connectivity index (χ4v) is 6.49. The summed E-state index contributed by atoms with van der Waals surface area (Å²) >= 11 is 1.37. The van der Waals surface area contributed by atoms with Gasteiger partial charge in [-0.3, -0.25) is 14.4 Å². The Morgan fingerprint density at radius 3 is 1.91 bits per heavy atom. The molecule has 0 saturated heterocycles. The molecule has 0 aliphatic carbocycles. The van der Waals surface area contributed by atoms with E-state index in [9.17, 15) is 14.4 Å². The number of nitrogens with one attached hydrogen (secondary N) is 3. The van der Waals surface area contributed by atoms with E-state index in [2.05, 4.69) is 16.0 Å². The number of thioether (sulfide) groups is 1. The quantitative estimate of drug-likeness (QED) is 0.0812. The maximum atomic E-state index is 13.7. The van der Waals surface area contributed by atoms with Gasteiger partial charge in [-0.2, -0.15) is 0 Å². The van der Waals surface area contributed by atoms with Crippen LogP contribution in [0, 0.1) is 0 Å². The Hall–Kier alpha value is -6.58. The molecule has 0 heterocycles. The number of carbonyl (C=O) groups excluding carboxylic acids is 3. The van der Waals surface area contributed by atoms with Gasteiger partial charge in [-0.15, -0.1) is 11.8 Å². The molecular formula is C44H37N3O5S. The summed E-state index contributed by atoms with van der Waals surface area (Å²) < 4.78 is 10.8. The van der Waals surface area contributed by atoms with Crippen LogP contribution in [-0.4, -0.2) is 31.9 Å². The van der Waals surface area contributed by atoms with Crippen LogP contribution in [0.4, 0.5) is 11.4 Å². The summed E-state index contributed by atoms with van der Waals surface area (Å²) in [4.78, 5) is 41.4. The minimum absolute atomic E-state index is 0.0829. The van der Waals surface area contributed by atoms with E-state index in [1.54, 1.807) is 67.8 Å². The van der Waals surface area contributed by atoms with Crippen LogP contribution in [0.1, 0.15) is 26.7 Å². The van der Waals surface area contributed by atoms with Crippen LogP contribution in [0.3, 0.4) is 0 Å².